The van der Waals surface area contributed by atoms with Gasteiger partial charge in [-0.15, -0.1) is 6.58 Å². The molecule has 0 amide bonds. The smallest absolute Gasteiger partial charge is 0.343 e. The molecule has 182 valence electrons. The van der Waals surface area contributed by atoms with E-state index in [9.17, 15) is 4.79 Å². The Morgan fingerprint density at radius 1 is 0.800 bits per heavy atom. The molecular weight excluding hydrogens is 434 g/mol. The number of hydrogen-bond acceptors (Lipinski definition) is 3. The summed E-state index contributed by atoms with van der Waals surface area (Å²) in [6.07, 6.45) is 11.8. The van der Waals surface area contributed by atoms with Gasteiger partial charge in [-0.05, 0) is 61.7 Å². The molecular formula is C31H35NO3. The number of nitrogens with zero attached hydrogens (tertiary/aromatic N) is 1. The topological polar surface area (TPSA) is 40.5 Å². The predicted molar refractivity (Wildman–Crippen MR) is 144 cm³/mol. The van der Waals surface area contributed by atoms with E-state index >= 15 is 0 Å². The maximum absolute atomic E-state index is 12.7. The van der Waals surface area contributed by atoms with Crippen molar-refractivity contribution < 1.29 is 14.3 Å². The fourth-order valence-electron chi connectivity index (χ4n) is 4.52. The molecule has 1 heterocycles. The van der Waals surface area contributed by atoms with Crippen LogP contribution in [0.25, 0.3) is 21.8 Å². The van der Waals surface area contributed by atoms with Gasteiger partial charge in [0.25, 0.3) is 0 Å². The second-order valence-electron chi connectivity index (χ2n) is 9.07. The summed E-state index contributed by atoms with van der Waals surface area (Å²) in [5, 5.41) is 2.34. The minimum Gasteiger partial charge on any atom is -0.494 e. The minimum absolute atomic E-state index is 0.372. The van der Waals surface area contributed by atoms with Gasteiger partial charge in [0, 0.05) is 29.4 Å². The number of unbranched alkanes of at least 4 members (excludes halogenated alkanes) is 7. The number of hydrogen-bond donors (Lipinski definition) is 0. The normalized spacial score (nSPS) is 11.1. The first-order valence-corrected chi connectivity index (χ1v) is 12.7. The number of fused-ring (bicyclic) bond motifs is 3. The molecule has 0 saturated carbocycles. The lowest BCUT2D eigenvalue weighted by atomic mass is 10.1. The molecule has 0 fully saturated rings. The van der Waals surface area contributed by atoms with E-state index in [0.717, 1.165) is 35.0 Å². The summed E-state index contributed by atoms with van der Waals surface area (Å²) in [5.74, 6) is 0.945. The molecule has 35 heavy (non-hydrogen) atoms. The average molecular weight is 470 g/mol. The SMILES string of the molecule is C=CCCCCCCCCCOc1ccc(C(=O)Oc2ccc3c4ccccc4n(C)c3c2)cc1. The van der Waals surface area contributed by atoms with Crippen molar-refractivity contribution in [1.29, 1.82) is 0 Å². The van der Waals surface area contributed by atoms with Gasteiger partial charge >= 0.3 is 5.97 Å². The van der Waals surface area contributed by atoms with Gasteiger partial charge in [0.2, 0.25) is 0 Å². The summed E-state index contributed by atoms with van der Waals surface area (Å²) >= 11 is 0. The molecule has 0 radical (unpaired) electrons. The van der Waals surface area contributed by atoms with E-state index in [1.807, 2.05) is 55.6 Å². The van der Waals surface area contributed by atoms with E-state index in [2.05, 4.69) is 23.3 Å². The third-order valence-electron chi connectivity index (χ3n) is 6.51. The lowest BCUT2D eigenvalue weighted by Crippen LogP contribution is -2.08. The maximum Gasteiger partial charge on any atom is 0.343 e. The molecule has 4 aromatic rings. The minimum atomic E-state index is -0.372. The third kappa shape index (κ3) is 6.33. The summed E-state index contributed by atoms with van der Waals surface area (Å²) in [7, 11) is 2.03. The second-order valence-corrected chi connectivity index (χ2v) is 9.07. The highest BCUT2D eigenvalue weighted by molar-refractivity contribution is 6.08. The third-order valence-corrected chi connectivity index (χ3v) is 6.51. The Bertz CT molecular complexity index is 1270. The van der Waals surface area contributed by atoms with Crippen LogP contribution in [0.2, 0.25) is 0 Å². The summed E-state index contributed by atoms with van der Waals surface area (Å²) < 4.78 is 13.6. The van der Waals surface area contributed by atoms with Crippen molar-refractivity contribution in [1.82, 2.24) is 4.57 Å². The van der Waals surface area contributed by atoms with Crippen LogP contribution in [-0.4, -0.2) is 17.1 Å². The molecule has 4 rings (SSSR count). The second kappa shape index (κ2) is 12.3. The molecule has 3 aromatic carbocycles. The molecule has 0 aliphatic rings. The molecule has 1 aromatic heterocycles. The Kier molecular flexibility index (Phi) is 8.61. The van der Waals surface area contributed by atoms with Crippen LogP contribution >= 0.6 is 0 Å². The van der Waals surface area contributed by atoms with Crippen LogP contribution in [-0.2, 0) is 7.05 Å². The van der Waals surface area contributed by atoms with E-state index in [0.29, 0.717) is 17.9 Å². The highest BCUT2D eigenvalue weighted by Crippen LogP contribution is 2.31. The van der Waals surface area contributed by atoms with E-state index in [-0.39, 0.29) is 5.97 Å². The van der Waals surface area contributed by atoms with E-state index in [1.165, 1.54) is 43.9 Å². The molecule has 0 N–H and O–H groups in total. The molecule has 0 saturated heterocycles. The first-order chi connectivity index (χ1) is 17.2. The summed E-state index contributed by atoms with van der Waals surface area (Å²) in [4.78, 5) is 12.7. The molecule has 0 atom stereocenters. The summed E-state index contributed by atoms with van der Waals surface area (Å²) in [6, 6.07) is 21.3. The van der Waals surface area contributed by atoms with Crippen LogP contribution in [0.4, 0.5) is 0 Å². The van der Waals surface area contributed by atoms with Gasteiger partial charge < -0.3 is 14.0 Å². The Balaban J connectivity index is 1.24. The number of allylic oxidation sites excluding steroid dienone is 1. The van der Waals surface area contributed by atoms with Gasteiger partial charge in [-0.25, -0.2) is 4.79 Å². The van der Waals surface area contributed by atoms with Crippen LogP contribution in [0.5, 0.6) is 11.5 Å². The van der Waals surface area contributed by atoms with E-state index in [1.54, 1.807) is 12.1 Å². The van der Waals surface area contributed by atoms with Crippen molar-refractivity contribution in [2.75, 3.05) is 6.61 Å². The zero-order valence-corrected chi connectivity index (χ0v) is 20.7. The highest BCUT2D eigenvalue weighted by atomic mass is 16.5. The Morgan fingerprint density at radius 2 is 1.46 bits per heavy atom. The molecule has 0 unspecified atom stereocenters. The van der Waals surface area contributed by atoms with Crippen LogP contribution in [0.15, 0.2) is 79.4 Å². The first-order valence-electron chi connectivity index (χ1n) is 12.7. The molecule has 0 aliphatic carbocycles. The van der Waals surface area contributed by atoms with Crippen molar-refractivity contribution in [3.05, 3.63) is 84.9 Å². The van der Waals surface area contributed by atoms with E-state index < -0.39 is 0 Å². The number of ether oxygens (including phenoxy) is 2. The number of aromatic nitrogens is 1. The van der Waals surface area contributed by atoms with Gasteiger partial charge in [-0.1, -0.05) is 56.4 Å². The Morgan fingerprint density at radius 3 is 2.23 bits per heavy atom. The number of carbonyl (C=O) groups excluding carboxylic acids is 1. The van der Waals surface area contributed by atoms with Gasteiger partial charge in [-0.3, -0.25) is 0 Å². The number of esters is 1. The largest absolute Gasteiger partial charge is 0.494 e. The predicted octanol–water partition coefficient (Wildman–Crippen LogP) is 8.24. The quantitative estimate of drug-likeness (QED) is 0.0857. The first kappa shape index (κ1) is 24.6. The number of carbonyl (C=O) groups is 1. The zero-order chi connectivity index (χ0) is 24.5. The fraction of sp³-hybridized carbons (Fsp3) is 0.323. The van der Waals surface area contributed by atoms with Crippen LogP contribution in [0, 0.1) is 0 Å². The van der Waals surface area contributed by atoms with Crippen molar-refractivity contribution in [3.63, 3.8) is 0 Å². The van der Waals surface area contributed by atoms with Crippen molar-refractivity contribution in [2.45, 2.75) is 51.4 Å². The average Bonchev–Trinajstić information content (AvgIpc) is 3.17. The van der Waals surface area contributed by atoms with Crippen molar-refractivity contribution in [2.24, 2.45) is 7.05 Å². The van der Waals surface area contributed by atoms with Gasteiger partial charge in [0.1, 0.15) is 11.5 Å². The number of para-hydroxylation sites is 1. The summed E-state index contributed by atoms with van der Waals surface area (Å²) in [6.45, 7) is 4.46. The van der Waals surface area contributed by atoms with Gasteiger partial charge in [0.15, 0.2) is 0 Å². The van der Waals surface area contributed by atoms with Crippen LogP contribution in [0.3, 0.4) is 0 Å². The number of aryl methyl sites for hydroxylation is 1. The lowest BCUT2D eigenvalue weighted by molar-refractivity contribution is 0.0735. The molecule has 0 aliphatic heterocycles. The number of rotatable bonds is 13. The Labute approximate surface area is 208 Å². The molecule has 0 bridgehead atoms. The van der Waals surface area contributed by atoms with Crippen molar-refractivity contribution in [3.8, 4) is 11.5 Å². The number of benzene rings is 3. The standard InChI is InChI=1S/C31H35NO3/c1-3-4-5-6-7-8-9-10-13-22-34-25-18-16-24(17-19-25)31(33)35-26-20-21-28-27-14-11-12-15-29(27)32(2)30(28)23-26/h3,11-12,14-21,23H,1,4-10,13,22H2,2H3. The van der Waals surface area contributed by atoms with Crippen LogP contribution in [0.1, 0.15) is 61.7 Å². The van der Waals surface area contributed by atoms with Gasteiger partial charge in [-0.2, -0.15) is 0 Å². The van der Waals surface area contributed by atoms with E-state index in [4.69, 9.17) is 9.47 Å². The molecule has 0 spiro atoms. The highest BCUT2D eigenvalue weighted by Gasteiger charge is 2.12. The maximum atomic E-state index is 12.7. The Hall–Kier alpha value is -3.53. The molecule has 4 heteroatoms. The fourth-order valence-corrected chi connectivity index (χ4v) is 4.52. The van der Waals surface area contributed by atoms with Gasteiger partial charge in [0.05, 0.1) is 17.7 Å². The van der Waals surface area contributed by atoms with Crippen molar-refractivity contribution >= 4 is 27.8 Å². The zero-order valence-electron chi connectivity index (χ0n) is 20.7. The lowest BCUT2D eigenvalue weighted by Gasteiger charge is -2.08. The molecule has 4 nitrogen and oxygen atoms in total. The van der Waals surface area contributed by atoms with Crippen LogP contribution < -0.4 is 9.47 Å². The monoisotopic (exact) mass is 469 g/mol. The summed E-state index contributed by atoms with van der Waals surface area (Å²) in [5.41, 5.74) is 2.69.